The molecule has 1 saturated heterocycles. The second-order valence-corrected chi connectivity index (χ2v) is 7.96. The molecular weight excluding hydrogens is 406 g/mol. The van der Waals surface area contributed by atoms with Crippen molar-refractivity contribution in [3.05, 3.63) is 53.9 Å². The van der Waals surface area contributed by atoms with Gasteiger partial charge in [-0.3, -0.25) is 14.5 Å². The lowest BCUT2D eigenvalue weighted by molar-refractivity contribution is -0.132. The smallest absolute Gasteiger partial charge is 0.259 e. The molecule has 0 radical (unpaired) electrons. The number of imidazole rings is 1. The van der Waals surface area contributed by atoms with Crippen LogP contribution in [0.4, 0.5) is 5.69 Å². The largest absolute Gasteiger partial charge is 0.496 e. The minimum absolute atomic E-state index is 0.218. The van der Waals surface area contributed by atoms with Crippen molar-refractivity contribution in [2.24, 2.45) is 7.05 Å². The molecule has 0 spiro atoms. The van der Waals surface area contributed by atoms with E-state index in [2.05, 4.69) is 14.8 Å². The average Bonchev–Trinajstić information content (AvgIpc) is 3.13. The Hall–Kier alpha value is -3.39. The Bertz CT molecular complexity index is 1130. The van der Waals surface area contributed by atoms with Crippen LogP contribution in [0, 0.1) is 0 Å². The molecule has 8 nitrogen and oxygen atoms in total. The van der Waals surface area contributed by atoms with Crippen LogP contribution in [0.15, 0.2) is 42.5 Å². The summed E-state index contributed by atoms with van der Waals surface area (Å²) in [5.74, 6) is 1.49. The number of benzene rings is 2. The van der Waals surface area contributed by atoms with E-state index in [1.807, 2.05) is 49.2 Å². The minimum Gasteiger partial charge on any atom is -0.496 e. The number of carbonyl (C=O) groups excluding carboxylic acids is 2. The maximum Gasteiger partial charge on any atom is 0.259 e. The van der Waals surface area contributed by atoms with Crippen molar-refractivity contribution in [2.75, 3.05) is 38.6 Å². The number of rotatable bonds is 6. The highest BCUT2D eigenvalue weighted by atomic mass is 16.5. The van der Waals surface area contributed by atoms with Crippen LogP contribution in [0.5, 0.6) is 5.75 Å². The zero-order valence-electron chi connectivity index (χ0n) is 18.8. The van der Waals surface area contributed by atoms with Gasteiger partial charge in [-0.05, 0) is 30.3 Å². The number of methoxy groups -OCH3 is 1. The molecule has 0 atom stereocenters. The zero-order chi connectivity index (χ0) is 22.7. The summed E-state index contributed by atoms with van der Waals surface area (Å²) in [6.45, 7) is 5.83. The van der Waals surface area contributed by atoms with Gasteiger partial charge in [0.1, 0.15) is 11.6 Å². The second kappa shape index (κ2) is 9.40. The van der Waals surface area contributed by atoms with Gasteiger partial charge in [0.25, 0.3) is 5.91 Å². The molecule has 168 valence electrons. The van der Waals surface area contributed by atoms with E-state index in [1.165, 1.54) is 0 Å². The van der Waals surface area contributed by atoms with Crippen LogP contribution in [-0.4, -0.2) is 64.5 Å². The van der Waals surface area contributed by atoms with Gasteiger partial charge in [-0.2, -0.15) is 0 Å². The Morgan fingerprint density at radius 1 is 1.09 bits per heavy atom. The number of carbonyl (C=O) groups is 2. The molecule has 1 N–H and O–H groups in total. The third kappa shape index (κ3) is 4.45. The highest BCUT2D eigenvalue weighted by molar-refractivity contribution is 6.06. The van der Waals surface area contributed by atoms with E-state index in [1.54, 1.807) is 19.2 Å². The highest BCUT2D eigenvalue weighted by Gasteiger charge is 2.21. The molecule has 0 saturated carbocycles. The fourth-order valence-electron chi connectivity index (χ4n) is 4.08. The maximum absolute atomic E-state index is 12.7. The zero-order valence-corrected chi connectivity index (χ0v) is 18.8. The maximum atomic E-state index is 12.7. The summed E-state index contributed by atoms with van der Waals surface area (Å²) in [6.07, 6.45) is 0.556. The lowest BCUT2D eigenvalue weighted by Gasteiger charge is -2.34. The van der Waals surface area contributed by atoms with Crippen molar-refractivity contribution >= 4 is 28.5 Å². The van der Waals surface area contributed by atoms with Crippen LogP contribution in [0.1, 0.15) is 29.5 Å². The molecule has 0 bridgehead atoms. The number of aromatic nitrogens is 2. The number of para-hydroxylation sites is 1. The normalized spacial score (nSPS) is 14.5. The molecule has 1 aliphatic rings. The molecular formula is C24H29N5O3. The summed E-state index contributed by atoms with van der Waals surface area (Å²) >= 11 is 0. The Morgan fingerprint density at radius 3 is 2.56 bits per heavy atom. The van der Waals surface area contributed by atoms with Crippen LogP contribution in [0.3, 0.4) is 0 Å². The number of anilines is 1. The molecule has 8 heteroatoms. The summed E-state index contributed by atoms with van der Waals surface area (Å²) in [4.78, 5) is 33.7. The molecule has 1 aromatic heterocycles. The molecule has 32 heavy (non-hydrogen) atoms. The van der Waals surface area contributed by atoms with Gasteiger partial charge in [-0.1, -0.05) is 19.1 Å². The second-order valence-electron chi connectivity index (χ2n) is 7.96. The number of hydrogen-bond donors (Lipinski definition) is 1. The fraction of sp³-hybridized carbons (Fsp3) is 0.375. The van der Waals surface area contributed by atoms with Crippen LogP contribution in [-0.2, 0) is 18.4 Å². The average molecular weight is 436 g/mol. The van der Waals surface area contributed by atoms with Crippen molar-refractivity contribution in [1.82, 2.24) is 19.4 Å². The van der Waals surface area contributed by atoms with Gasteiger partial charge in [0, 0.05) is 45.3 Å². The fourth-order valence-corrected chi connectivity index (χ4v) is 4.08. The van der Waals surface area contributed by atoms with Crippen molar-refractivity contribution in [1.29, 1.82) is 0 Å². The van der Waals surface area contributed by atoms with E-state index in [9.17, 15) is 9.59 Å². The number of aryl methyl sites for hydroxylation is 1. The van der Waals surface area contributed by atoms with Crippen molar-refractivity contribution in [3.8, 4) is 5.75 Å². The van der Waals surface area contributed by atoms with E-state index in [4.69, 9.17) is 9.72 Å². The lowest BCUT2D eigenvalue weighted by atomic mass is 10.2. The third-order valence-electron chi connectivity index (χ3n) is 5.98. The summed E-state index contributed by atoms with van der Waals surface area (Å²) < 4.78 is 7.38. The van der Waals surface area contributed by atoms with E-state index < -0.39 is 0 Å². The predicted molar refractivity (Wildman–Crippen MR) is 124 cm³/mol. The van der Waals surface area contributed by atoms with Gasteiger partial charge in [-0.25, -0.2) is 4.98 Å². The standard InChI is InChI=1S/C24H29N5O3/c1-4-23(30)29-13-11-28(12-14-29)16-22-26-19-15-17(9-10-20(19)27(22)2)25-24(31)18-7-5-6-8-21(18)32-3/h5-10,15H,4,11-14,16H2,1-3H3,(H,25,31). The summed E-state index contributed by atoms with van der Waals surface area (Å²) in [6, 6.07) is 12.9. The molecule has 1 aliphatic heterocycles. The monoisotopic (exact) mass is 435 g/mol. The SMILES string of the molecule is CCC(=O)N1CCN(Cc2nc3cc(NC(=O)c4ccccc4OC)ccc3n2C)CC1. The van der Waals surface area contributed by atoms with Gasteiger partial charge in [0.05, 0.1) is 30.3 Å². The van der Waals surface area contributed by atoms with Gasteiger partial charge < -0.3 is 19.5 Å². The molecule has 2 heterocycles. The lowest BCUT2D eigenvalue weighted by Crippen LogP contribution is -2.48. The van der Waals surface area contributed by atoms with E-state index in [-0.39, 0.29) is 11.8 Å². The van der Waals surface area contributed by atoms with Gasteiger partial charge in [0.2, 0.25) is 5.91 Å². The minimum atomic E-state index is -0.225. The first-order valence-electron chi connectivity index (χ1n) is 10.9. The number of nitrogens with zero attached hydrogens (tertiary/aromatic N) is 4. The molecule has 3 aromatic rings. The number of ether oxygens (including phenoxy) is 1. The molecule has 0 unspecified atom stereocenters. The predicted octanol–water partition coefficient (Wildman–Crippen LogP) is 2.89. The first-order valence-corrected chi connectivity index (χ1v) is 10.9. The first kappa shape index (κ1) is 21.8. The van der Waals surface area contributed by atoms with Crippen LogP contribution in [0.25, 0.3) is 11.0 Å². The van der Waals surface area contributed by atoms with E-state index in [0.717, 1.165) is 49.6 Å². The van der Waals surface area contributed by atoms with E-state index in [0.29, 0.717) is 23.4 Å². The Kier molecular flexibility index (Phi) is 6.41. The Morgan fingerprint density at radius 2 is 1.84 bits per heavy atom. The number of piperazine rings is 1. The molecule has 1 fully saturated rings. The van der Waals surface area contributed by atoms with E-state index >= 15 is 0 Å². The van der Waals surface area contributed by atoms with Crippen molar-refractivity contribution in [3.63, 3.8) is 0 Å². The number of nitrogens with one attached hydrogen (secondary N) is 1. The van der Waals surface area contributed by atoms with Gasteiger partial charge >= 0.3 is 0 Å². The van der Waals surface area contributed by atoms with Crippen LogP contribution in [0.2, 0.25) is 0 Å². The topological polar surface area (TPSA) is 79.7 Å². The molecule has 0 aliphatic carbocycles. The van der Waals surface area contributed by atoms with Crippen LogP contribution < -0.4 is 10.1 Å². The first-order chi connectivity index (χ1) is 15.5. The number of fused-ring (bicyclic) bond motifs is 1. The molecule has 2 amide bonds. The third-order valence-corrected chi connectivity index (χ3v) is 5.98. The molecule has 4 rings (SSSR count). The van der Waals surface area contributed by atoms with Crippen LogP contribution >= 0.6 is 0 Å². The summed E-state index contributed by atoms with van der Waals surface area (Å²) in [5.41, 5.74) is 3.01. The quantitative estimate of drug-likeness (QED) is 0.644. The van der Waals surface area contributed by atoms with Gasteiger partial charge in [0.15, 0.2) is 0 Å². The Balaban J connectivity index is 1.46. The summed E-state index contributed by atoms with van der Waals surface area (Å²) in [7, 11) is 3.56. The highest BCUT2D eigenvalue weighted by Crippen LogP contribution is 2.23. The Labute approximate surface area is 187 Å². The van der Waals surface area contributed by atoms with Crippen molar-refractivity contribution in [2.45, 2.75) is 19.9 Å². The summed E-state index contributed by atoms with van der Waals surface area (Å²) in [5, 5.41) is 2.94. The van der Waals surface area contributed by atoms with Gasteiger partial charge in [-0.15, -0.1) is 0 Å². The number of amides is 2. The number of hydrogen-bond acceptors (Lipinski definition) is 5. The molecule has 2 aromatic carbocycles. The van der Waals surface area contributed by atoms with Crippen molar-refractivity contribution < 1.29 is 14.3 Å².